The molecule has 6 rings (SSSR count). The molecule has 3 heterocycles. The molecule has 1 saturated heterocycles. The fourth-order valence-electron chi connectivity index (χ4n) is 5.16. The molecule has 3 aromatic rings. The van der Waals surface area contributed by atoms with Gasteiger partial charge in [-0.1, -0.05) is 30.7 Å². The minimum atomic E-state index is -1.05. The van der Waals surface area contributed by atoms with Crippen LogP contribution in [0.15, 0.2) is 41.5 Å². The predicted octanol–water partition coefficient (Wildman–Crippen LogP) is 3.87. The summed E-state index contributed by atoms with van der Waals surface area (Å²) >= 11 is 6.57. The van der Waals surface area contributed by atoms with Crippen LogP contribution in [0.2, 0.25) is 5.15 Å². The summed E-state index contributed by atoms with van der Waals surface area (Å²) in [5.74, 6) is 0.803. The molecule has 0 spiro atoms. The Labute approximate surface area is 203 Å². The smallest absolute Gasteiger partial charge is 0.262 e. The fraction of sp³-hybridized carbons (Fsp3) is 0.500. The van der Waals surface area contributed by atoms with E-state index in [0.717, 1.165) is 18.5 Å². The molecule has 7 nitrogen and oxygen atoms in total. The molecule has 2 saturated carbocycles. The fourth-order valence-corrected chi connectivity index (χ4v) is 5.45. The Morgan fingerprint density at radius 3 is 2.59 bits per heavy atom. The highest BCUT2D eigenvalue weighted by Crippen LogP contribution is 2.47. The van der Waals surface area contributed by atoms with Crippen LogP contribution in [0, 0.1) is 5.41 Å². The van der Waals surface area contributed by atoms with Gasteiger partial charge in [-0.05, 0) is 68.2 Å². The van der Waals surface area contributed by atoms with Crippen molar-refractivity contribution in [1.82, 2.24) is 19.0 Å². The van der Waals surface area contributed by atoms with Gasteiger partial charge in [0.2, 0.25) is 5.91 Å². The Morgan fingerprint density at radius 1 is 1.18 bits per heavy atom. The molecule has 8 heteroatoms. The van der Waals surface area contributed by atoms with Crippen LogP contribution >= 0.6 is 11.6 Å². The van der Waals surface area contributed by atoms with Crippen molar-refractivity contribution in [3.05, 3.63) is 57.7 Å². The molecule has 34 heavy (non-hydrogen) atoms. The Morgan fingerprint density at radius 2 is 1.91 bits per heavy atom. The number of hydrogen-bond acceptors (Lipinski definition) is 4. The highest BCUT2D eigenvalue weighted by molar-refractivity contribution is 6.31. The predicted molar refractivity (Wildman–Crippen MR) is 130 cm³/mol. The third-order valence-corrected chi connectivity index (χ3v) is 8.16. The zero-order chi connectivity index (χ0) is 23.7. The summed E-state index contributed by atoms with van der Waals surface area (Å²) in [6.07, 6.45) is 6.69. The van der Waals surface area contributed by atoms with Crippen LogP contribution in [0.5, 0.6) is 0 Å². The maximum Gasteiger partial charge on any atom is 0.262 e. The Hall–Kier alpha value is -2.64. The number of nitrogens with zero attached hydrogens (tertiary/aromatic N) is 4. The molecule has 0 unspecified atom stereocenters. The lowest BCUT2D eigenvalue weighted by Gasteiger charge is -2.39. The second-order valence-corrected chi connectivity index (χ2v) is 11.1. The average Bonchev–Trinajstić information content (AvgIpc) is 3.75. The van der Waals surface area contributed by atoms with E-state index in [1.807, 2.05) is 28.5 Å². The molecule has 1 aromatic carbocycles. The van der Waals surface area contributed by atoms with E-state index in [4.69, 9.17) is 11.6 Å². The van der Waals surface area contributed by atoms with Crippen molar-refractivity contribution >= 4 is 28.5 Å². The molecule has 2 aliphatic carbocycles. The van der Waals surface area contributed by atoms with Gasteiger partial charge in [0.15, 0.2) is 5.65 Å². The SMILES string of the molecule is CC1(C(=O)N2CCC(O)(Cn3cnc4c(cc(Cl)n4-c4cccc(C5CC5)c4)c3=O)CC2)CC1. The normalized spacial score (nSPS) is 21.1. The van der Waals surface area contributed by atoms with Gasteiger partial charge in [-0.2, -0.15) is 0 Å². The van der Waals surface area contributed by atoms with Crippen molar-refractivity contribution in [2.24, 2.45) is 5.41 Å². The highest BCUT2D eigenvalue weighted by Gasteiger charge is 2.48. The summed E-state index contributed by atoms with van der Waals surface area (Å²) in [6.45, 7) is 3.17. The summed E-state index contributed by atoms with van der Waals surface area (Å²) < 4.78 is 3.29. The van der Waals surface area contributed by atoms with Gasteiger partial charge in [-0.3, -0.25) is 18.7 Å². The maximum absolute atomic E-state index is 13.3. The van der Waals surface area contributed by atoms with E-state index in [1.54, 1.807) is 6.07 Å². The monoisotopic (exact) mass is 480 g/mol. The first-order valence-corrected chi connectivity index (χ1v) is 12.5. The lowest BCUT2D eigenvalue weighted by Crippen LogP contribution is -2.51. The summed E-state index contributed by atoms with van der Waals surface area (Å²) in [5.41, 5.74) is 1.23. The van der Waals surface area contributed by atoms with Crippen molar-refractivity contribution in [1.29, 1.82) is 0 Å². The number of hydrogen-bond donors (Lipinski definition) is 1. The highest BCUT2D eigenvalue weighted by atomic mass is 35.5. The van der Waals surface area contributed by atoms with E-state index in [9.17, 15) is 14.7 Å². The van der Waals surface area contributed by atoms with Gasteiger partial charge in [-0.15, -0.1) is 0 Å². The Kier molecular flexibility index (Phi) is 4.94. The molecule has 1 amide bonds. The minimum absolute atomic E-state index is 0.147. The lowest BCUT2D eigenvalue weighted by atomic mass is 9.90. The molecule has 3 fully saturated rings. The summed E-state index contributed by atoms with van der Waals surface area (Å²) in [7, 11) is 0. The molecule has 3 aliphatic rings. The molecular weight excluding hydrogens is 452 g/mol. The van der Waals surface area contributed by atoms with Crippen LogP contribution in [0.3, 0.4) is 0 Å². The first kappa shape index (κ1) is 21.9. The number of carbonyl (C=O) groups is 1. The number of likely N-dealkylation sites (tertiary alicyclic amines) is 1. The summed E-state index contributed by atoms with van der Waals surface area (Å²) in [4.78, 5) is 32.4. The van der Waals surface area contributed by atoms with Gasteiger partial charge >= 0.3 is 0 Å². The van der Waals surface area contributed by atoms with Crippen LogP contribution < -0.4 is 5.56 Å². The van der Waals surface area contributed by atoms with E-state index >= 15 is 0 Å². The van der Waals surface area contributed by atoms with Crippen molar-refractivity contribution < 1.29 is 9.90 Å². The van der Waals surface area contributed by atoms with Crippen LogP contribution in [0.25, 0.3) is 16.7 Å². The van der Waals surface area contributed by atoms with E-state index < -0.39 is 5.60 Å². The second kappa shape index (κ2) is 7.68. The molecule has 0 radical (unpaired) electrons. The molecule has 178 valence electrons. The van der Waals surface area contributed by atoms with Crippen molar-refractivity contribution in [2.45, 2.75) is 63.5 Å². The van der Waals surface area contributed by atoms with Crippen molar-refractivity contribution in [3.8, 4) is 5.69 Å². The van der Waals surface area contributed by atoms with Gasteiger partial charge < -0.3 is 10.0 Å². The second-order valence-electron chi connectivity index (χ2n) is 10.7. The largest absolute Gasteiger partial charge is 0.388 e. The number of amides is 1. The number of carbonyl (C=O) groups excluding carboxylic acids is 1. The standard InChI is InChI=1S/C26H29ClN4O3/c1-25(7-8-25)24(33)29-11-9-26(34,10-12-29)15-30-16-28-22-20(23(30)32)14-21(27)31(22)19-4-2-3-18(13-19)17-5-6-17/h2-4,13-14,16-17,34H,5-12,15H2,1H3. The minimum Gasteiger partial charge on any atom is -0.388 e. The number of benzene rings is 1. The summed E-state index contributed by atoms with van der Waals surface area (Å²) in [6, 6.07) is 9.91. The number of fused-ring (bicyclic) bond motifs is 1. The van der Waals surface area contributed by atoms with E-state index in [1.165, 1.54) is 29.3 Å². The quantitative estimate of drug-likeness (QED) is 0.601. The first-order valence-electron chi connectivity index (χ1n) is 12.1. The van der Waals surface area contributed by atoms with Crippen LogP contribution in [-0.4, -0.2) is 48.7 Å². The van der Waals surface area contributed by atoms with Crippen molar-refractivity contribution in [3.63, 3.8) is 0 Å². The van der Waals surface area contributed by atoms with Gasteiger partial charge in [0.1, 0.15) is 11.5 Å². The average molecular weight is 481 g/mol. The Bertz CT molecular complexity index is 1340. The molecule has 0 bridgehead atoms. The number of rotatable bonds is 5. The molecule has 1 aliphatic heterocycles. The van der Waals surface area contributed by atoms with E-state index in [0.29, 0.717) is 48.0 Å². The molecule has 0 atom stereocenters. The maximum atomic E-state index is 13.3. The topological polar surface area (TPSA) is 80.4 Å². The zero-order valence-corrected chi connectivity index (χ0v) is 20.1. The van der Waals surface area contributed by atoms with E-state index in [2.05, 4.69) is 17.1 Å². The van der Waals surface area contributed by atoms with Gasteiger partial charge in [0.25, 0.3) is 5.56 Å². The van der Waals surface area contributed by atoms with Gasteiger partial charge in [-0.25, -0.2) is 4.98 Å². The molecular formula is C26H29ClN4O3. The first-order chi connectivity index (χ1) is 16.3. The van der Waals surface area contributed by atoms with E-state index in [-0.39, 0.29) is 23.4 Å². The zero-order valence-electron chi connectivity index (χ0n) is 19.3. The van der Waals surface area contributed by atoms with Gasteiger partial charge in [0.05, 0.1) is 17.5 Å². The summed E-state index contributed by atoms with van der Waals surface area (Å²) in [5, 5.41) is 12.1. The Balaban J connectivity index is 1.25. The number of aromatic nitrogens is 3. The van der Waals surface area contributed by atoms with Crippen molar-refractivity contribution in [2.75, 3.05) is 13.1 Å². The number of piperidine rings is 1. The third kappa shape index (κ3) is 3.75. The third-order valence-electron chi connectivity index (χ3n) is 7.88. The molecule has 2 aromatic heterocycles. The molecule has 1 N–H and O–H groups in total. The number of halogens is 1. The van der Waals surface area contributed by atoms with Crippen LogP contribution in [0.1, 0.15) is 56.9 Å². The van der Waals surface area contributed by atoms with Gasteiger partial charge in [0, 0.05) is 24.2 Å². The van der Waals surface area contributed by atoms with Crippen LogP contribution in [-0.2, 0) is 11.3 Å². The number of aliphatic hydroxyl groups is 1. The lowest BCUT2D eigenvalue weighted by molar-refractivity contribution is -0.141. The van der Waals surface area contributed by atoms with Crippen LogP contribution in [0.4, 0.5) is 0 Å².